The summed E-state index contributed by atoms with van der Waals surface area (Å²) in [5.74, 6) is 0. The van der Waals surface area contributed by atoms with Gasteiger partial charge in [-0.3, -0.25) is 10.1 Å². The minimum absolute atomic E-state index is 0.00741. The van der Waals surface area contributed by atoms with Gasteiger partial charge in [0.25, 0.3) is 5.69 Å². The highest BCUT2D eigenvalue weighted by Crippen LogP contribution is 2.37. The van der Waals surface area contributed by atoms with Crippen LogP contribution in [0.15, 0.2) is 17.1 Å². The average Bonchev–Trinajstić information content (AvgIpc) is 2.10. The second-order valence-electron chi connectivity index (χ2n) is 2.37. The van der Waals surface area contributed by atoms with E-state index in [2.05, 4.69) is 4.99 Å². The van der Waals surface area contributed by atoms with Crippen LogP contribution in [0.25, 0.3) is 0 Å². The summed E-state index contributed by atoms with van der Waals surface area (Å²) < 4.78 is -0.285. The highest BCUT2D eigenvalue weighted by atomic mass is 35.5. The molecule has 0 bridgehead atoms. The van der Waals surface area contributed by atoms with Crippen LogP contribution in [0.2, 0.25) is 10.0 Å². The topological polar surface area (TPSA) is 55.5 Å². The number of halogens is 4. The van der Waals surface area contributed by atoms with E-state index in [-0.39, 0.29) is 26.1 Å². The van der Waals surface area contributed by atoms with Gasteiger partial charge in [0.15, 0.2) is 4.63 Å². The molecule has 0 atom stereocenters. The van der Waals surface area contributed by atoms with Crippen LogP contribution in [-0.2, 0) is 0 Å². The molecule has 0 aliphatic heterocycles. The summed E-state index contributed by atoms with van der Waals surface area (Å²) in [6.45, 7) is 0. The second-order valence-corrected chi connectivity index (χ2v) is 4.09. The van der Waals surface area contributed by atoms with Gasteiger partial charge in [-0.15, -0.1) is 0 Å². The number of rotatable bonds is 2. The zero-order chi connectivity index (χ0) is 11.6. The molecule has 0 saturated carbocycles. The lowest BCUT2D eigenvalue weighted by molar-refractivity contribution is -0.384. The molecule has 0 heterocycles. The molecule has 1 aromatic rings. The predicted molar refractivity (Wildman–Crippen MR) is 61.9 cm³/mol. The normalized spacial score (nSPS) is 9.87. The van der Waals surface area contributed by atoms with Crippen molar-refractivity contribution >= 4 is 62.4 Å². The lowest BCUT2D eigenvalue weighted by Gasteiger charge is -2.01. The van der Waals surface area contributed by atoms with Crippen LogP contribution >= 0.6 is 46.4 Å². The molecule has 4 nitrogen and oxygen atoms in total. The van der Waals surface area contributed by atoms with Crippen LogP contribution in [0.4, 0.5) is 11.4 Å². The van der Waals surface area contributed by atoms with E-state index in [1.54, 1.807) is 0 Å². The molecule has 0 aliphatic carbocycles. The molecular formula is C7H2Cl4N2O2. The van der Waals surface area contributed by atoms with Crippen LogP contribution in [0.3, 0.4) is 0 Å². The summed E-state index contributed by atoms with van der Waals surface area (Å²) in [5, 5.41) is 10.5. The van der Waals surface area contributed by atoms with Gasteiger partial charge < -0.3 is 0 Å². The Bertz CT molecular complexity index is 420. The Balaban J connectivity index is 3.34. The van der Waals surface area contributed by atoms with E-state index in [0.717, 1.165) is 12.1 Å². The molecular weight excluding hydrogens is 286 g/mol. The van der Waals surface area contributed by atoms with Crippen molar-refractivity contribution in [1.29, 1.82) is 0 Å². The van der Waals surface area contributed by atoms with Crippen molar-refractivity contribution < 1.29 is 4.92 Å². The molecule has 15 heavy (non-hydrogen) atoms. The first-order valence-electron chi connectivity index (χ1n) is 3.45. The molecule has 8 heteroatoms. The Hall–Kier alpha value is -0.550. The summed E-state index contributed by atoms with van der Waals surface area (Å²) in [6.07, 6.45) is 0. The van der Waals surface area contributed by atoms with Gasteiger partial charge in [-0.25, -0.2) is 4.99 Å². The molecule has 0 unspecified atom stereocenters. The largest absolute Gasteiger partial charge is 0.272 e. The molecule has 1 aromatic carbocycles. The van der Waals surface area contributed by atoms with E-state index in [0.29, 0.717) is 0 Å². The van der Waals surface area contributed by atoms with Gasteiger partial charge in [-0.1, -0.05) is 23.2 Å². The van der Waals surface area contributed by atoms with E-state index >= 15 is 0 Å². The Morgan fingerprint density at radius 1 is 1.27 bits per heavy atom. The van der Waals surface area contributed by atoms with E-state index in [9.17, 15) is 10.1 Å². The lowest BCUT2D eigenvalue weighted by Crippen LogP contribution is -1.88. The molecule has 0 radical (unpaired) electrons. The predicted octanol–water partition coefficient (Wildman–Crippen LogP) is 4.37. The Labute approximate surface area is 105 Å². The van der Waals surface area contributed by atoms with Gasteiger partial charge in [0.1, 0.15) is 5.69 Å². The minimum Gasteiger partial charge on any atom is -0.258 e. The SMILES string of the molecule is O=[N+]([O-])c1cc(Cl)c(N=C(Cl)Cl)c(Cl)c1. The molecule has 0 N–H and O–H groups in total. The molecule has 80 valence electrons. The molecule has 0 fully saturated rings. The fourth-order valence-electron chi connectivity index (χ4n) is 0.849. The van der Waals surface area contributed by atoms with Crippen LogP contribution in [0.1, 0.15) is 0 Å². The maximum absolute atomic E-state index is 10.4. The third kappa shape index (κ3) is 3.21. The van der Waals surface area contributed by atoms with Gasteiger partial charge in [-0.2, -0.15) is 0 Å². The first-order valence-corrected chi connectivity index (χ1v) is 4.96. The Morgan fingerprint density at radius 2 is 1.73 bits per heavy atom. The van der Waals surface area contributed by atoms with Crippen LogP contribution in [-0.4, -0.2) is 9.55 Å². The smallest absolute Gasteiger partial charge is 0.258 e. The van der Waals surface area contributed by atoms with E-state index in [4.69, 9.17) is 46.4 Å². The number of hydrogen-bond acceptors (Lipinski definition) is 3. The van der Waals surface area contributed by atoms with Gasteiger partial charge in [0.05, 0.1) is 15.0 Å². The molecule has 0 spiro atoms. The lowest BCUT2D eigenvalue weighted by atomic mass is 10.3. The number of nitrogens with zero attached hydrogens (tertiary/aromatic N) is 2. The zero-order valence-electron chi connectivity index (χ0n) is 6.88. The minimum atomic E-state index is -0.618. The monoisotopic (exact) mass is 286 g/mol. The molecule has 0 aliphatic rings. The highest BCUT2D eigenvalue weighted by molar-refractivity contribution is 6.95. The summed E-state index contributed by atoms with van der Waals surface area (Å²) in [6, 6.07) is 2.23. The van der Waals surface area contributed by atoms with Crippen LogP contribution in [0.5, 0.6) is 0 Å². The molecule has 0 aromatic heterocycles. The van der Waals surface area contributed by atoms with Crippen LogP contribution < -0.4 is 0 Å². The van der Waals surface area contributed by atoms with Crippen molar-refractivity contribution in [2.24, 2.45) is 4.99 Å². The van der Waals surface area contributed by atoms with E-state index < -0.39 is 4.92 Å². The summed E-state index contributed by atoms with van der Waals surface area (Å²) in [4.78, 5) is 13.4. The van der Waals surface area contributed by atoms with Gasteiger partial charge >= 0.3 is 0 Å². The Morgan fingerprint density at radius 3 is 2.07 bits per heavy atom. The summed E-state index contributed by atoms with van der Waals surface area (Å²) >= 11 is 22.1. The van der Waals surface area contributed by atoms with Gasteiger partial charge in [0, 0.05) is 12.1 Å². The number of non-ortho nitro benzene ring substituents is 1. The fourth-order valence-corrected chi connectivity index (χ4v) is 1.58. The number of nitro groups is 1. The van der Waals surface area contributed by atoms with Crippen molar-refractivity contribution in [3.05, 3.63) is 32.3 Å². The quantitative estimate of drug-likeness (QED) is 0.461. The van der Waals surface area contributed by atoms with Gasteiger partial charge in [-0.05, 0) is 23.2 Å². The maximum atomic E-state index is 10.4. The van der Waals surface area contributed by atoms with E-state index in [1.807, 2.05) is 0 Å². The van der Waals surface area contributed by atoms with Crippen molar-refractivity contribution in [2.75, 3.05) is 0 Å². The zero-order valence-corrected chi connectivity index (χ0v) is 9.90. The van der Waals surface area contributed by atoms with E-state index in [1.165, 1.54) is 0 Å². The summed E-state index contributed by atoms with van der Waals surface area (Å²) in [5.41, 5.74) is -0.126. The first kappa shape index (κ1) is 12.5. The average molecular weight is 288 g/mol. The third-order valence-electron chi connectivity index (χ3n) is 1.41. The molecule has 0 amide bonds. The van der Waals surface area contributed by atoms with Crippen molar-refractivity contribution in [1.82, 2.24) is 0 Å². The number of benzene rings is 1. The number of hydrogen-bond donors (Lipinski definition) is 0. The number of nitro benzene ring substituents is 1. The first-order chi connectivity index (χ1) is 6.91. The maximum Gasteiger partial charge on any atom is 0.272 e. The fraction of sp³-hybridized carbons (Fsp3) is 0. The van der Waals surface area contributed by atoms with Crippen molar-refractivity contribution in [2.45, 2.75) is 0 Å². The Kier molecular flexibility index (Phi) is 4.16. The highest BCUT2D eigenvalue weighted by Gasteiger charge is 2.14. The second kappa shape index (κ2) is 4.99. The molecule has 1 rings (SSSR count). The standard InChI is InChI=1S/C7H2Cl4N2O2/c8-4-1-3(13(14)15)2-5(9)6(4)12-7(10)11/h1-2H. The summed E-state index contributed by atoms with van der Waals surface area (Å²) in [7, 11) is 0. The number of aliphatic imine (C=N–C) groups is 1. The van der Waals surface area contributed by atoms with Crippen LogP contribution in [0, 0.1) is 10.1 Å². The van der Waals surface area contributed by atoms with Gasteiger partial charge in [0.2, 0.25) is 0 Å². The third-order valence-corrected chi connectivity index (χ3v) is 2.15. The molecule has 0 saturated heterocycles. The van der Waals surface area contributed by atoms with Crippen molar-refractivity contribution in [3.8, 4) is 0 Å². The van der Waals surface area contributed by atoms with Crippen molar-refractivity contribution in [3.63, 3.8) is 0 Å².